The number of amides is 1. The predicted octanol–water partition coefficient (Wildman–Crippen LogP) is 0.503. The van der Waals surface area contributed by atoms with Crippen LogP contribution in [0, 0.1) is 0 Å². The minimum Gasteiger partial charge on any atom is -0.337 e. The second-order valence-corrected chi connectivity index (χ2v) is 3.15. The molecule has 1 aliphatic heterocycles. The highest BCUT2D eigenvalue weighted by molar-refractivity contribution is 5.79. The lowest BCUT2D eigenvalue weighted by Gasteiger charge is -2.32. The van der Waals surface area contributed by atoms with Crippen LogP contribution in [0.15, 0.2) is 25.3 Å². The van der Waals surface area contributed by atoms with Gasteiger partial charge in [0.05, 0.1) is 6.54 Å². The fraction of sp³-hybridized carbons (Fsp3) is 0.500. The molecule has 1 rings (SSSR count). The fourth-order valence-electron chi connectivity index (χ4n) is 1.44. The lowest BCUT2D eigenvalue weighted by Crippen LogP contribution is -2.50. The van der Waals surface area contributed by atoms with Crippen molar-refractivity contribution in [3.63, 3.8) is 0 Å². The van der Waals surface area contributed by atoms with Crippen LogP contribution in [0.4, 0.5) is 0 Å². The fourth-order valence-corrected chi connectivity index (χ4v) is 1.44. The van der Waals surface area contributed by atoms with Gasteiger partial charge < -0.3 is 4.90 Å². The highest BCUT2D eigenvalue weighted by atomic mass is 16.2. The standard InChI is InChI=1S/C10H16N2O/c1-3-5-11-7-8-12(6-4-2)10(13)9-11/h3-4H,1-2,5-9H2. The maximum Gasteiger partial charge on any atom is 0.237 e. The number of rotatable bonds is 4. The molecule has 3 nitrogen and oxygen atoms in total. The quantitative estimate of drug-likeness (QED) is 0.588. The zero-order valence-corrected chi connectivity index (χ0v) is 7.91. The van der Waals surface area contributed by atoms with Crippen molar-refractivity contribution in [3.05, 3.63) is 25.3 Å². The van der Waals surface area contributed by atoms with E-state index in [1.165, 1.54) is 0 Å². The van der Waals surface area contributed by atoms with E-state index < -0.39 is 0 Å². The van der Waals surface area contributed by atoms with Crippen LogP contribution >= 0.6 is 0 Å². The van der Waals surface area contributed by atoms with Crippen molar-refractivity contribution in [1.29, 1.82) is 0 Å². The molecule has 0 aromatic rings. The van der Waals surface area contributed by atoms with E-state index in [0.717, 1.165) is 19.6 Å². The largest absolute Gasteiger partial charge is 0.337 e. The van der Waals surface area contributed by atoms with Gasteiger partial charge in [0.25, 0.3) is 0 Å². The number of nitrogens with zero attached hydrogens (tertiary/aromatic N) is 2. The zero-order chi connectivity index (χ0) is 9.68. The summed E-state index contributed by atoms with van der Waals surface area (Å²) in [4.78, 5) is 15.4. The summed E-state index contributed by atoms with van der Waals surface area (Å²) in [7, 11) is 0. The summed E-state index contributed by atoms with van der Waals surface area (Å²) in [5.41, 5.74) is 0. The first-order valence-corrected chi connectivity index (χ1v) is 4.50. The van der Waals surface area contributed by atoms with Crippen molar-refractivity contribution in [2.45, 2.75) is 0 Å². The van der Waals surface area contributed by atoms with Gasteiger partial charge in [0.15, 0.2) is 0 Å². The second-order valence-electron chi connectivity index (χ2n) is 3.15. The highest BCUT2D eigenvalue weighted by Gasteiger charge is 2.21. The molecule has 0 radical (unpaired) electrons. The third-order valence-corrected chi connectivity index (χ3v) is 2.13. The van der Waals surface area contributed by atoms with Crippen molar-refractivity contribution < 1.29 is 4.79 Å². The maximum absolute atomic E-state index is 11.5. The summed E-state index contributed by atoms with van der Waals surface area (Å²) in [6, 6.07) is 0. The van der Waals surface area contributed by atoms with E-state index >= 15 is 0 Å². The molecule has 0 aromatic heterocycles. The molecular formula is C10H16N2O. The van der Waals surface area contributed by atoms with Crippen LogP contribution in [0.1, 0.15) is 0 Å². The van der Waals surface area contributed by atoms with E-state index in [9.17, 15) is 4.79 Å². The summed E-state index contributed by atoms with van der Waals surface area (Å²) in [6.07, 6.45) is 3.59. The van der Waals surface area contributed by atoms with E-state index in [-0.39, 0.29) is 5.91 Å². The van der Waals surface area contributed by atoms with Crippen LogP contribution in [0.2, 0.25) is 0 Å². The lowest BCUT2D eigenvalue weighted by molar-refractivity contribution is -0.135. The van der Waals surface area contributed by atoms with E-state index in [2.05, 4.69) is 18.1 Å². The maximum atomic E-state index is 11.5. The Morgan fingerprint density at radius 3 is 2.46 bits per heavy atom. The average molecular weight is 180 g/mol. The summed E-state index contributed by atoms with van der Waals surface area (Å²) in [5, 5.41) is 0. The van der Waals surface area contributed by atoms with Gasteiger partial charge >= 0.3 is 0 Å². The molecule has 0 aliphatic carbocycles. The van der Waals surface area contributed by atoms with Gasteiger partial charge in [-0.3, -0.25) is 9.69 Å². The molecule has 0 N–H and O–H groups in total. The van der Waals surface area contributed by atoms with Gasteiger partial charge in [-0.1, -0.05) is 12.2 Å². The monoisotopic (exact) mass is 180 g/mol. The first-order valence-electron chi connectivity index (χ1n) is 4.50. The smallest absolute Gasteiger partial charge is 0.237 e. The molecule has 0 atom stereocenters. The topological polar surface area (TPSA) is 23.6 Å². The Balaban J connectivity index is 2.41. The van der Waals surface area contributed by atoms with Crippen LogP contribution in [0.5, 0.6) is 0 Å². The van der Waals surface area contributed by atoms with Crippen LogP contribution in [-0.2, 0) is 4.79 Å². The Morgan fingerprint density at radius 2 is 1.92 bits per heavy atom. The lowest BCUT2D eigenvalue weighted by atomic mass is 10.3. The van der Waals surface area contributed by atoms with Crippen LogP contribution in [0.25, 0.3) is 0 Å². The van der Waals surface area contributed by atoms with Crippen molar-refractivity contribution in [3.8, 4) is 0 Å². The number of piperazine rings is 1. The molecule has 72 valence electrons. The summed E-state index contributed by atoms with van der Waals surface area (Å²) >= 11 is 0. The highest BCUT2D eigenvalue weighted by Crippen LogP contribution is 2.02. The van der Waals surface area contributed by atoms with E-state index in [1.807, 2.05) is 11.0 Å². The first-order chi connectivity index (χ1) is 6.27. The molecule has 1 heterocycles. The van der Waals surface area contributed by atoms with Crippen LogP contribution in [-0.4, -0.2) is 48.4 Å². The second kappa shape index (κ2) is 4.82. The van der Waals surface area contributed by atoms with Gasteiger partial charge in [0.1, 0.15) is 0 Å². The van der Waals surface area contributed by atoms with Crippen molar-refractivity contribution in [1.82, 2.24) is 9.80 Å². The normalized spacial score (nSPS) is 18.8. The van der Waals surface area contributed by atoms with E-state index in [0.29, 0.717) is 13.1 Å². The molecule has 0 unspecified atom stereocenters. The van der Waals surface area contributed by atoms with Gasteiger partial charge in [-0.05, 0) is 0 Å². The zero-order valence-electron chi connectivity index (χ0n) is 7.91. The van der Waals surface area contributed by atoms with Crippen molar-refractivity contribution in [2.24, 2.45) is 0 Å². The Labute approximate surface area is 79.3 Å². The summed E-state index contributed by atoms with van der Waals surface area (Å²) < 4.78 is 0. The summed E-state index contributed by atoms with van der Waals surface area (Å²) in [6.45, 7) is 11.0. The van der Waals surface area contributed by atoms with Crippen LogP contribution in [0.3, 0.4) is 0 Å². The number of carbonyl (C=O) groups is 1. The van der Waals surface area contributed by atoms with E-state index in [4.69, 9.17) is 0 Å². The third kappa shape index (κ3) is 2.70. The number of carbonyl (C=O) groups excluding carboxylic acids is 1. The molecular weight excluding hydrogens is 164 g/mol. The Morgan fingerprint density at radius 1 is 1.23 bits per heavy atom. The molecule has 0 saturated carbocycles. The number of hydrogen-bond acceptors (Lipinski definition) is 2. The Hall–Kier alpha value is -1.09. The molecule has 1 amide bonds. The molecule has 0 spiro atoms. The SMILES string of the molecule is C=CCN1CCN(CC=C)C(=O)C1. The molecule has 13 heavy (non-hydrogen) atoms. The van der Waals surface area contributed by atoms with Gasteiger partial charge in [-0.25, -0.2) is 0 Å². The predicted molar refractivity (Wildman–Crippen MR) is 53.4 cm³/mol. The molecule has 3 heteroatoms. The van der Waals surface area contributed by atoms with E-state index in [1.54, 1.807) is 6.08 Å². The molecule has 1 aliphatic rings. The Kier molecular flexibility index (Phi) is 3.71. The number of hydrogen-bond donors (Lipinski definition) is 0. The van der Waals surface area contributed by atoms with Gasteiger partial charge in [0, 0.05) is 26.2 Å². The third-order valence-electron chi connectivity index (χ3n) is 2.13. The van der Waals surface area contributed by atoms with Crippen LogP contribution < -0.4 is 0 Å². The average Bonchev–Trinajstić information content (AvgIpc) is 2.10. The first kappa shape index (κ1) is 9.99. The molecule has 1 saturated heterocycles. The Bertz CT molecular complexity index is 213. The molecule has 0 bridgehead atoms. The molecule has 0 aromatic carbocycles. The van der Waals surface area contributed by atoms with Crippen molar-refractivity contribution in [2.75, 3.05) is 32.7 Å². The van der Waals surface area contributed by atoms with Gasteiger partial charge in [-0.2, -0.15) is 0 Å². The molecule has 1 fully saturated rings. The van der Waals surface area contributed by atoms with Crippen molar-refractivity contribution >= 4 is 5.91 Å². The minimum atomic E-state index is 0.188. The van der Waals surface area contributed by atoms with Gasteiger partial charge in [-0.15, -0.1) is 13.2 Å². The van der Waals surface area contributed by atoms with Gasteiger partial charge in [0.2, 0.25) is 5.91 Å². The summed E-state index contributed by atoms with van der Waals surface area (Å²) in [5.74, 6) is 0.188. The minimum absolute atomic E-state index is 0.188.